The van der Waals surface area contributed by atoms with Crippen molar-refractivity contribution in [1.82, 2.24) is 24.8 Å². The van der Waals surface area contributed by atoms with Gasteiger partial charge in [-0.3, -0.25) is 19.6 Å². The lowest BCUT2D eigenvalue weighted by molar-refractivity contribution is -0.147. The van der Waals surface area contributed by atoms with Crippen LogP contribution in [0.5, 0.6) is 0 Å². The molecule has 0 amide bonds. The number of nitrogens with one attached hydrogen (secondary N) is 1. The number of rotatable bonds is 9. The summed E-state index contributed by atoms with van der Waals surface area (Å²) in [7, 11) is 0. The summed E-state index contributed by atoms with van der Waals surface area (Å²) in [4.78, 5) is 30.5. The molecule has 0 spiro atoms. The van der Waals surface area contributed by atoms with Gasteiger partial charge in [-0.25, -0.2) is 9.97 Å². The molecule has 10 nitrogen and oxygen atoms in total. The number of carbonyl (C=O) groups is 1. The molecule has 2 fully saturated rings. The Morgan fingerprint density at radius 1 is 1.08 bits per heavy atom. The Bertz CT molecular complexity index is 2180. The number of allylic oxidation sites excluding steroid dienone is 2. The number of aliphatic hydroxyl groups excluding tert-OH is 1. The Morgan fingerprint density at radius 3 is 2.68 bits per heavy atom. The normalized spacial score (nSPS) is 23.0. The van der Waals surface area contributed by atoms with Crippen LogP contribution in [0.2, 0.25) is 5.02 Å². The molecular weight excluding hydrogens is 652 g/mol. The van der Waals surface area contributed by atoms with Crippen LogP contribution in [-0.4, -0.2) is 73.2 Å². The zero-order chi connectivity index (χ0) is 34.6. The van der Waals surface area contributed by atoms with E-state index in [1.54, 1.807) is 6.20 Å². The first-order valence-electron chi connectivity index (χ1n) is 17.1. The smallest absolute Gasteiger partial charge is 0.309 e. The molecule has 0 saturated carbocycles. The zero-order valence-corrected chi connectivity index (χ0v) is 28.8. The lowest BCUT2D eigenvalue weighted by Crippen LogP contribution is -2.49. The molecule has 8 rings (SSSR count). The Balaban J connectivity index is 1.18. The third-order valence-corrected chi connectivity index (χ3v) is 10.7. The van der Waals surface area contributed by atoms with Crippen molar-refractivity contribution in [2.75, 3.05) is 31.5 Å². The topological polar surface area (TPSA) is 128 Å². The third kappa shape index (κ3) is 5.96. The van der Waals surface area contributed by atoms with Crippen LogP contribution in [-0.2, 0) is 23.4 Å². The van der Waals surface area contributed by atoms with Crippen LogP contribution in [0.15, 0.2) is 83.6 Å². The SMILES string of the molecule is Cc1ccccc1C1=CC=CC(Nc2nccc3cc(CN4CCC(O)C4)cnc23)(c2nc3cc(CN4CC(C(=O)O)C4)cc(Cl)c3o2)[C@H]1C. The lowest BCUT2D eigenvalue weighted by atomic mass is 9.73. The van der Waals surface area contributed by atoms with Gasteiger partial charge in [0, 0.05) is 63.0 Å². The fraction of sp³-hybridized carbons (Fsp3) is 0.333. The lowest BCUT2D eigenvalue weighted by Gasteiger charge is -2.39. The van der Waals surface area contributed by atoms with Gasteiger partial charge in [0.05, 0.1) is 17.0 Å². The number of aryl methyl sites for hydroxylation is 1. The van der Waals surface area contributed by atoms with Gasteiger partial charge in [0.15, 0.2) is 11.4 Å². The van der Waals surface area contributed by atoms with Gasteiger partial charge in [-0.1, -0.05) is 54.9 Å². The zero-order valence-electron chi connectivity index (χ0n) is 28.0. The molecular formula is C39H39ClN6O4. The first kappa shape index (κ1) is 32.6. The Hall–Kier alpha value is -4.61. The highest BCUT2D eigenvalue weighted by Gasteiger charge is 2.45. The highest BCUT2D eigenvalue weighted by Crippen LogP contribution is 2.46. The minimum atomic E-state index is -0.964. The Morgan fingerprint density at radius 2 is 1.90 bits per heavy atom. The van der Waals surface area contributed by atoms with Gasteiger partial charge >= 0.3 is 5.97 Å². The molecule has 2 unspecified atom stereocenters. The quantitative estimate of drug-likeness (QED) is 0.160. The maximum Gasteiger partial charge on any atom is 0.309 e. The molecule has 2 aromatic carbocycles. The standard InChI is InChI=1S/C39H39ClN6O4/c1-23-6-3-4-7-30(23)31-8-5-11-39(24(31)2,38-43-33-16-25(15-32(40)35(33)50-38)18-46-20-28(21-46)37(48)49)44-36-34-27(9-12-41-36)14-26(17-42-34)19-45-13-10-29(47)22-45/h3-9,11-12,14-17,24,28-29,47H,10,13,18-22H2,1-2H3,(H,41,44)(H,48,49)/t24-,29?,39?/m0/s1. The van der Waals surface area contributed by atoms with Crippen molar-refractivity contribution >= 4 is 51.0 Å². The van der Waals surface area contributed by atoms with Gasteiger partial charge in [-0.05, 0) is 71.5 Å². The number of aliphatic hydroxyl groups is 1. The highest BCUT2D eigenvalue weighted by atomic mass is 35.5. The number of β-amino-alcohol motifs (C(OH)–C–C–N with tert-alkyl or cyclic N) is 1. The summed E-state index contributed by atoms with van der Waals surface area (Å²) in [6.07, 6.45) is 10.5. The van der Waals surface area contributed by atoms with Crippen molar-refractivity contribution in [2.24, 2.45) is 11.8 Å². The largest absolute Gasteiger partial charge is 0.481 e. The second-order valence-electron chi connectivity index (χ2n) is 13.9. The molecule has 2 aliphatic heterocycles. The van der Waals surface area contributed by atoms with Crippen LogP contribution in [0, 0.1) is 18.8 Å². The second kappa shape index (κ2) is 12.9. The number of hydrogen-bond acceptors (Lipinski definition) is 9. The summed E-state index contributed by atoms with van der Waals surface area (Å²) >= 11 is 6.85. The number of carboxylic acid groups (broad SMARTS) is 1. The number of halogens is 1. The van der Waals surface area contributed by atoms with Crippen LogP contribution < -0.4 is 5.32 Å². The summed E-state index contributed by atoms with van der Waals surface area (Å²) in [5, 5.41) is 24.5. The number of carboxylic acids is 1. The summed E-state index contributed by atoms with van der Waals surface area (Å²) in [5.41, 5.74) is 6.35. The number of pyridine rings is 2. The molecule has 3 aromatic heterocycles. The molecule has 3 atom stereocenters. The minimum absolute atomic E-state index is 0.160. The van der Waals surface area contributed by atoms with Gasteiger partial charge in [0.2, 0.25) is 5.89 Å². The average molecular weight is 691 g/mol. The molecule has 0 bridgehead atoms. The van der Waals surface area contributed by atoms with E-state index in [9.17, 15) is 15.0 Å². The highest BCUT2D eigenvalue weighted by molar-refractivity contribution is 6.34. The van der Waals surface area contributed by atoms with E-state index in [0.29, 0.717) is 54.0 Å². The summed E-state index contributed by atoms with van der Waals surface area (Å²) in [6.45, 7) is 8.14. The third-order valence-electron chi connectivity index (χ3n) is 10.4. The van der Waals surface area contributed by atoms with Crippen LogP contribution in [0.4, 0.5) is 5.82 Å². The fourth-order valence-corrected chi connectivity index (χ4v) is 7.91. The number of anilines is 1. The number of aromatic nitrogens is 3. The molecule has 2 saturated heterocycles. The van der Waals surface area contributed by atoms with Crippen molar-refractivity contribution < 1.29 is 19.4 Å². The van der Waals surface area contributed by atoms with Crippen LogP contribution in [0.3, 0.4) is 0 Å². The van der Waals surface area contributed by atoms with E-state index in [2.05, 4.69) is 65.4 Å². The van der Waals surface area contributed by atoms with Crippen molar-refractivity contribution in [3.05, 3.63) is 112 Å². The Labute approximate surface area is 295 Å². The van der Waals surface area contributed by atoms with Crippen molar-refractivity contribution in [3.8, 4) is 0 Å². The maximum absolute atomic E-state index is 11.3. The first-order chi connectivity index (χ1) is 24.2. The second-order valence-corrected chi connectivity index (χ2v) is 14.3. The number of benzene rings is 2. The number of fused-ring (bicyclic) bond motifs is 2. The van der Waals surface area contributed by atoms with E-state index in [4.69, 9.17) is 31.0 Å². The molecule has 5 aromatic rings. The average Bonchev–Trinajstić information content (AvgIpc) is 3.70. The predicted octanol–water partition coefficient (Wildman–Crippen LogP) is 6.41. The number of hydrogen-bond donors (Lipinski definition) is 3. The van der Waals surface area contributed by atoms with Gasteiger partial charge in [0.25, 0.3) is 0 Å². The van der Waals surface area contributed by atoms with Crippen LogP contribution in [0.25, 0.3) is 27.6 Å². The molecule has 11 heteroatoms. The van der Waals surface area contributed by atoms with Crippen molar-refractivity contribution in [1.29, 1.82) is 0 Å². The first-order valence-corrected chi connectivity index (χ1v) is 17.5. The molecule has 3 aliphatic rings. The van der Waals surface area contributed by atoms with Crippen molar-refractivity contribution in [3.63, 3.8) is 0 Å². The molecule has 50 heavy (non-hydrogen) atoms. The molecule has 256 valence electrons. The minimum Gasteiger partial charge on any atom is -0.481 e. The van der Waals surface area contributed by atoms with Gasteiger partial charge in [0.1, 0.15) is 16.6 Å². The van der Waals surface area contributed by atoms with Gasteiger partial charge < -0.3 is 19.9 Å². The number of nitrogens with zero attached hydrogens (tertiary/aromatic N) is 5. The molecule has 1 aliphatic carbocycles. The number of oxazole rings is 1. The van der Waals surface area contributed by atoms with Crippen LogP contribution in [0.1, 0.15) is 41.5 Å². The molecule has 5 heterocycles. The number of likely N-dealkylation sites (tertiary alicyclic amines) is 2. The van der Waals surface area contributed by atoms with Crippen molar-refractivity contribution in [2.45, 2.75) is 45.0 Å². The molecule has 3 N–H and O–H groups in total. The molecule has 0 radical (unpaired) electrons. The van der Waals surface area contributed by atoms with Gasteiger partial charge in [-0.15, -0.1) is 0 Å². The van der Waals surface area contributed by atoms with E-state index in [0.717, 1.165) is 52.7 Å². The van der Waals surface area contributed by atoms with E-state index in [1.165, 1.54) is 5.56 Å². The number of aliphatic carboxylic acids is 1. The van der Waals surface area contributed by atoms with Gasteiger partial charge in [-0.2, -0.15) is 0 Å². The monoisotopic (exact) mass is 690 g/mol. The fourth-order valence-electron chi connectivity index (χ4n) is 7.64. The summed E-state index contributed by atoms with van der Waals surface area (Å²) in [5.74, 6) is -0.203. The Kier molecular flexibility index (Phi) is 8.43. The van der Waals surface area contributed by atoms with Crippen LogP contribution >= 0.6 is 11.6 Å². The summed E-state index contributed by atoms with van der Waals surface area (Å²) < 4.78 is 6.61. The predicted molar refractivity (Wildman–Crippen MR) is 194 cm³/mol. The van der Waals surface area contributed by atoms with E-state index in [1.807, 2.05) is 36.5 Å². The van der Waals surface area contributed by atoms with E-state index in [-0.39, 0.29) is 17.9 Å². The van der Waals surface area contributed by atoms with E-state index >= 15 is 0 Å². The summed E-state index contributed by atoms with van der Waals surface area (Å²) in [6, 6.07) is 16.3. The maximum atomic E-state index is 11.3. The van der Waals surface area contributed by atoms with E-state index < -0.39 is 11.5 Å².